The van der Waals surface area contributed by atoms with E-state index in [9.17, 15) is 0 Å². The van der Waals surface area contributed by atoms with Gasteiger partial charge in [0.2, 0.25) is 0 Å². The van der Waals surface area contributed by atoms with E-state index in [0.29, 0.717) is 0 Å². The zero-order valence-electron chi connectivity index (χ0n) is 11.4. The van der Waals surface area contributed by atoms with Gasteiger partial charge in [0.05, 0.1) is 7.11 Å². The molecule has 1 atom stereocenters. The Kier molecular flexibility index (Phi) is 4.20. The number of ether oxygens (including phenoxy) is 1. The molecule has 0 aliphatic heterocycles. The first kappa shape index (κ1) is 13.6. The molecule has 0 heterocycles. The predicted octanol–water partition coefficient (Wildman–Crippen LogP) is 2.80. The fourth-order valence-electron chi connectivity index (χ4n) is 2.22. The smallest absolute Gasteiger partial charge is 0.119 e. The molecule has 0 saturated heterocycles. The highest BCUT2D eigenvalue weighted by Crippen LogP contribution is 2.25. The van der Waals surface area contributed by atoms with Crippen molar-refractivity contribution >= 4 is 10.8 Å². The average molecular weight is 256 g/mol. The molecule has 2 aromatic carbocycles. The van der Waals surface area contributed by atoms with Crippen LogP contribution >= 0.6 is 0 Å². The van der Waals surface area contributed by atoms with Crippen LogP contribution in [-0.2, 0) is 6.42 Å². The van der Waals surface area contributed by atoms with Crippen molar-refractivity contribution in [2.75, 3.05) is 7.11 Å². The van der Waals surface area contributed by atoms with E-state index in [2.05, 4.69) is 42.3 Å². The Morgan fingerprint density at radius 2 is 2.16 bits per heavy atom. The van der Waals surface area contributed by atoms with E-state index in [0.717, 1.165) is 17.7 Å². The number of methoxy groups -OCH3 is 1. The van der Waals surface area contributed by atoms with Crippen molar-refractivity contribution < 1.29 is 4.74 Å². The third kappa shape index (κ3) is 2.95. The summed E-state index contributed by atoms with van der Waals surface area (Å²) in [6, 6.07) is 12.5. The van der Waals surface area contributed by atoms with Gasteiger partial charge in [0, 0.05) is 6.04 Å². The van der Waals surface area contributed by atoms with Gasteiger partial charge >= 0.3 is 0 Å². The van der Waals surface area contributed by atoms with E-state index in [4.69, 9.17) is 10.6 Å². The Hall–Kier alpha value is -1.84. The molecule has 0 bridgehead atoms. The van der Waals surface area contributed by atoms with Crippen molar-refractivity contribution in [2.24, 2.45) is 5.84 Å². The minimum atomic E-state index is 0.0804. The summed E-state index contributed by atoms with van der Waals surface area (Å²) < 4.78 is 5.30. The van der Waals surface area contributed by atoms with Crippen LogP contribution in [0.5, 0.6) is 5.75 Å². The molecule has 100 valence electrons. The predicted molar refractivity (Wildman–Crippen MR) is 80.1 cm³/mol. The first-order valence-corrected chi connectivity index (χ1v) is 6.33. The second-order valence-corrected chi connectivity index (χ2v) is 4.77. The molecule has 19 heavy (non-hydrogen) atoms. The first-order valence-electron chi connectivity index (χ1n) is 6.33. The lowest BCUT2D eigenvalue weighted by atomic mass is 9.96. The molecule has 2 rings (SSSR count). The normalized spacial score (nSPS) is 12.4. The quantitative estimate of drug-likeness (QED) is 0.491. The van der Waals surface area contributed by atoms with E-state index in [1.165, 1.54) is 16.3 Å². The van der Waals surface area contributed by atoms with Crippen LogP contribution in [0.1, 0.15) is 12.5 Å². The summed E-state index contributed by atoms with van der Waals surface area (Å²) in [7, 11) is 1.68. The highest BCUT2D eigenvalue weighted by Gasteiger charge is 2.10. The summed E-state index contributed by atoms with van der Waals surface area (Å²) >= 11 is 0. The molecule has 0 saturated carbocycles. The lowest BCUT2D eigenvalue weighted by Crippen LogP contribution is -2.37. The maximum Gasteiger partial charge on any atom is 0.119 e. The molecule has 0 radical (unpaired) electrons. The number of fused-ring (bicyclic) bond motifs is 1. The van der Waals surface area contributed by atoms with E-state index >= 15 is 0 Å². The first-order chi connectivity index (χ1) is 9.15. The van der Waals surface area contributed by atoms with Crippen molar-refractivity contribution in [2.45, 2.75) is 19.4 Å². The Morgan fingerprint density at radius 1 is 1.37 bits per heavy atom. The van der Waals surface area contributed by atoms with Gasteiger partial charge in [-0.1, -0.05) is 36.4 Å². The summed E-state index contributed by atoms with van der Waals surface area (Å²) in [6.45, 7) is 5.95. The van der Waals surface area contributed by atoms with Gasteiger partial charge in [0.15, 0.2) is 0 Å². The van der Waals surface area contributed by atoms with Gasteiger partial charge in [0.1, 0.15) is 5.75 Å². The zero-order valence-corrected chi connectivity index (χ0v) is 11.4. The molecule has 2 aromatic rings. The molecular weight excluding hydrogens is 236 g/mol. The van der Waals surface area contributed by atoms with Gasteiger partial charge in [-0.2, -0.15) is 0 Å². The third-order valence-electron chi connectivity index (χ3n) is 3.40. The number of hydrogen-bond acceptors (Lipinski definition) is 3. The number of hydrogen-bond donors (Lipinski definition) is 2. The number of nitrogens with one attached hydrogen (secondary N) is 1. The Labute approximate surface area is 114 Å². The third-order valence-corrected chi connectivity index (χ3v) is 3.40. The molecular formula is C16H20N2O. The second kappa shape index (κ2) is 5.87. The van der Waals surface area contributed by atoms with Gasteiger partial charge in [-0.05, 0) is 41.8 Å². The highest BCUT2D eigenvalue weighted by molar-refractivity contribution is 5.87. The molecule has 0 aromatic heterocycles. The molecule has 0 spiro atoms. The van der Waals surface area contributed by atoms with Crippen LogP contribution in [-0.4, -0.2) is 13.2 Å². The monoisotopic (exact) mass is 256 g/mol. The molecule has 3 N–H and O–H groups in total. The van der Waals surface area contributed by atoms with Gasteiger partial charge < -0.3 is 4.74 Å². The van der Waals surface area contributed by atoms with Crippen LogP contribution in [0.4, 0.5) is 0 Å². The van der Waals surface area contributed by atoms with Crippen molar-refractivity contribution in [1.82, 2.24) is 5.43 Å². The van der Waals surface area contributed by atoms with Crippen LogP contribution in [0.2, 0.25) is 0 Å². The molecule has 0 aliphatic carbocycles. The summed E-state index contributed by atoms with van der Waals surface area (Å²) in [5.74, 6) is 6.45. The zero-order chi connectivity index (χ0) is 13.8. The summed E-state index contributed by atoms with van der Waals surface area (Å²) in [5.41, 5.74) is 5.08. The van der Waals surface area contributed by atoms with Crippen molar-refractivity contribution in [3.8, 4) is 5.75 Å². The fraction of sp³-hybridized carbons (Fsp3) is 0.250. The van der Waals surface area contributed by atoms with Gasteiger partial charge in [-0.15, -0.1) is 0 Å². The Bertz CT molecular complexity index is 592. The van der Waals surface area contributed by atoms with Crippen LogP contribution in [0.25, 0.3) is 10.8 Å². The highest BCUT2D eigenvalue weighted by atomic mass is 16.5. The number of hydrazine groups is 1. The maximum absolute atomic E-state index is 5.59. The average Bonchev–Trinajstić information content (AvgIpc) is 2.43. The van der Waals surface area contributed by atoms with E-state index in [1.807, 2.05) is 13.0 Å². The van der Waals surface area contributed by atoms with Gasteiger partial charge in [-0.25, -0.2) is 0 Å². The fourth-order valence-corrected chi connectivity index (χ4v) is 2.22. The molecule has 1 unspecified atom stereocenters. The Balaban J connectivity index is 2.44. The van der Waals surface area contributed by atoms with Gasteiger partial charge in [-0.3, -0.25) is 11.3 Å². The van der Waals surface area contributed by atoms with Crippen molar-refractivity contribution in [3.63, 3.8) is 0 Å². The minimum Gasteiger partial charge on any atom is -0.497 e. The number of benzene rings is 2. The van der Waals surface area contributed by atoms with E-state index in [1.54, 1.807) is 7.11 Å². The Morgan fingerprint density at radius 3 is 2.79 bits per heavy atom. The van der Waals surface area contributed by atoms with Crippen molar-refractivity contribution in [3.05, 3.63) is 54.1 Å². The second-order valence-electron chi connectivity index (χ2n) is 4.77. The molecule has 0 amide bonds. The largest absolute Gasteiger partial charge is 0.497 e. The van der Waals surface area contributed by atoms with Crippen LogP contribution in [0, 0.1) is 0 Å². The van der Waals surface area contributed by atoms with Crippen molar-refractivity contribution in [1.29, 1.82) is 0 Å². The molecule has 3 nitrogen and oxygen atoms in total. The topological polar surface area (TPSA) is 47.3 Å². The van der Waals surface area contributed by atoms with Crippen LogP contribution in [0.3, 0.4) is 0 Å². The summed E-state index contributed by atoms with van der Waals surface area (Å²) in [6.07, 6.45) is 0.816. The summed E-state index contributed by atoms with van der Waals surface area (Å²) in [4.78, 5) is 0. The molecule has 0 aliphatic rings. The number of nitrogens with two attached hydrogens (primary N) is 1. The summed E-state index contributed by atoms with van der Waals surface area (Å²) in [5, 5.41) is 2.40. The number of rotatable bonds is 5. The standard InChI is InChI=1S/C16H20N2O/c1-11(2)16(18-17)9-13-6-4-5-12-7-8-14(19-3)10-15(12)13/h4-8,10,16,18H,1,9,17H2,2-3H3. The SMILES string of the molecule is C=C(C)C(Cc1cccc2ccc(OC)cc12)NN. The molecule has 3 heteroatoms. The van der Waals surface area contributed by atoms with Crippen LogP contribution in [0.15, 0.2) is 48.6 Å². The van der Waals surface area contributed by atoms with E-state index < -0.39 is 0 Å². The van der Waals surface area contributed by atoms with Gasteiger partial charge in [0.25, 0.3) is 0 Å². The van der Waals surface area contributed by atoms with E-state index in [-0.39, 0.29) is 6.04 Å². The van der Waals surface area contributed by atoms with Crippen LogP contribution < -0.4 is 16.0 Å². The lowest BCUT2D eigenvalue weighted by molar-refractivity contribution is 0.415. The molecule has 0 fully saturated rings. The lowest BCUT2D eigenvalue weighted by Gasteiger charge is -2.17. The maximum atomic E-state index is 5.59. The minimum absolute atomic E-state index is 0.0804.